The number of esters is 1. The van der Waals surface area contributed by atoms with E-state index in [1.54, 1.807) is 0 Å². The van der Waals surface area contributed by atoms with Gasteiger partial charge in [0.25, 0.3) is 0 Å². The van der Waals surface area contributed by atoms with E-state index < -0.39 is 5.54 Å². The summed E-state index contributed by atoms with van der Waals surface area (Å²) in [5.41, 5.74) is 0.154. The highest BCUT2D eigenvalue weighted by atomic mass is 35.5. The molecule has 0 spiro atoms. The van der Waals surface area contributed by atoms with Crippen molar-refractivity contribution in [2.24, 2.45) is 5.92 Å². The van der Waals surface area contributed by atoms with Crippen LogP contribution in [0.3, 0.4) is 0 Å². The van der Waals surface area contributed by atoms with E-state index in [4.69, 9.17) is 16.3 Å². The Hall–Kier alpha value is -1.22. The zero-order valence-electron chi connectivity index (χ0n) is 11.4. The molecule has 0 amide bonds. The molecule has 0 aromatic heterocycles. The van der Waals surface area contributed by atoms with E-state index in [-0.39, 0.29) is 5.97 Å². The molecule has 4 heteroatoms. The molecule has 1 aliphatic carbocycles. The lowest BCUT2D eigenvalue weighted by Gasteiger charge is -2.39. The van der Waals surface area contributed by atoms with Gasteiger partial charge < -0.3 is 10.1 Å². The minimum absolute atomic E-state index is 0.195. The number of ether oxygens (including phenoxy) is 1. The summed E-state index contributed by atoms with van der Waals surface area (Å²) in [4.78, 5) is 12.2. The fourth-order valence-corrected chi connectivity index (χ4v) is 3.10. The van der Waals surface area contributed by atoms with E-state index in [1.807, 2.05) is 24.3 Å². The second-order valence-electron chi connectivity index (χ2n) is 5.38. The molecule has 2 unspecified atom stereocenters. The summed E-state index contributed by atoms with van der Waals surface area (Å²) in [6, 6.07) is 7.50. The number of rotatable bonds is 3. The van der Waals surface area contributed by atoms with E-state index in [0.717, 1.165) is 31.4 Å². The lowest BCUT2D eigenvalue weighted by molar-refractivity contribution is -0.147. The first kappa shape index (κ1) is 14.2. The molecule has 0 saturated heterocycles. The van der Waals surface area contributed by atoms with Crippen molar-refractivity contribution in [2.45, 2.75) is 38.1 Å². The molecule has 19 heavy (non-hydrogen) atoms. The number of hydrogen-bond donors (Lipinski definition) is 1. The Morgan fingerprint density at radius 2 is 2.21 bits per heavy atom. The Morgan fingerprint density at radius 1 is 1.47 bits per heavy atom. The Morgan fingerprint density at radius 3 is 2.84 bits per heavy atom. The summed E-state index contributed by atoms with van der Waals surface area (Å²) < 4.78 is 5.01. The molecular formula is C15H20ClNO2. The van der Waals surface area contributed by atoms with Crippen molar-refractivity contribution >= 4 is 23.3 Å². The van der Waals surface area contributed by atoms with Gasteiger partial charge in [-0.1, -0.05) is 43.5 Å². The third-order valence-electron chi connectivity index (χ3n) is 3.82. The van der Waals surface area contributed by atoms with Crippen molar-refractivity contribution in [2.75, 3.05) is 12.4 Å². The number of carbonyl (C=O) groups is 1. The highest BCUT2D eigenvalue weighted by Gasteiger charge is 2.43. The van der Waals surface area contributed by atoms with Crippen LogP contribution in [-0.2, 0) is 9.53 Å². The first-order valence-corrected chi connectivity index (χ1v) is 7.06. The van der Waals surface area contributed by atoms with Gasteiger partial charge in [0.2, 0.25) is 0 Å². The van der Waals surface area contributed by atoms with Gasteiger partial charge in [-0.05, 0) is 30.9 Å². The highest BCUT2D eigenvalue weighted by molar-refractivity contribution is 6.33. The quantitative estimate of drug-likeness (QED) is 0.855. The van der Waals surface area contributed by atoms with Gasteiger partial charge in [0.05, 0.1) is 17.8 Å². The maximum absolute atomic E-state index is 12.2. The van der Waals surface area contributed by atoms with Crippen LogP contribution in [0.4, 0.5) is 5.69 Å². The van der Waals surface area contributed by atoms with Crippen molar-refractivity contribution < 1.29 is 9.53 Å². The number of benzene rings is 1. The maximum Gasteiger partial charge on any atom is 0.331 e. The first-order chi connectivity index (χ1) is 9.07. The lowest BCUT2D eigenvalue weighted by atomic mass is 9.76. The molecule has 1 saturated carbocycles. The average Bonchev–Trinajstić information content (AvgIpc) is 2.40. The van der Waals surface area contributed by atoms with Gasteiger partial charge >= 0.3 is 5.97 Å². The standard InChI is InChI=1S/C15H20ClNO2/c1-11-6-5-9-15(10-11,14(18)19-2)17-13-8-4-3-7-12(13)16/h3-4,7-8,11,17H,5-6,9-10H2,1-2H3. The fraction of sp³-hybridized carbons (Fsp3) is 0.533. The molecule has 1 fully saturated rings. The SMILES string of the molecule is COC(=O)C1(Nc2ccccc2Cl)CCCC(C)C1. The number of halogens is 1. The normalized spacial score (nSPS) is 26.8. The summed E-state index contributed by atoms with van der Waals surface area (Å²) in [5, 5.41) is 3.97. The summed E-state index contributed by atoms with van der Waals surface area (Å²) in [6.45, 7) is 2.17. The lowest BCUT2D eigenvalue weighted by Crippen LogP contribution is -2.50. The molecule has 2 atom stereocenters. The van der Waals surface area contributed by atoms with E-state index in [9.17, 15) is 4.79 Å². The van der Waals surface area contributed by atoms with Gasteiger partial charge in [-0.3, -0.25) is 0 Å². The predicted octanol–water partition coefficient (Wildman–Crippen LogP) is 3.87. The van der Waals surface area contributed by atoms with E-state index in [2.05, 4.69) is 12.2 Å². The number of anilines is 1. The first-order valence-electron chi connectivity index (χ1n) is 6.68. The average molecular weight is 282 g/mol. The third-order valence-corrected chi connectivity index (χ3v) is 4.15. The topological polar surface area (TPSA) is 38.3 Å². The van der Waals surface area contributed by atoms with Crippen LogP contribution in [0.2, 0.25) is 5.02 Å². The third kappa shape index (κ3) is 3.03. The minimum atomic E-state index is -0.641. The summed E-state index contributed by atoms with van der Waals surface area (Å²) >= 11 is 6.18. The van der Waals surface area contributed by atoms with Crippen molar-refractivity contribution in [3.8, 4) is 0 Å². The highest BCUT2D eigenvalue weighted by Crippen LogP contribution is 2.37. The molecule has 1 aromatic rings. The Labute approximate surface area is 119 Å². The van der Waals surface area contributed by atoms with E-state index in [0.29, 0.717) is 10.9 Å². The van der Waals surface area contributed by atoms with Gasteiger partial charge in [0.1, 0.15) is 5.54 Å². The number of carbonyl (C=O) groups excluding carboxylic acids is 1. The molecule has 104 valence electrons. The fourth-order valence-electron chi connectivity index (χ4n) is 2.92. The number of methoxy groups -OCH3 is 1. The van der Waals surface area contributed by atoms with Gasteiger partial charge in [0, 0.05) is 0 Å². The van der Waals surface area contributed by atoms with Gasteiger partial charge in [-0.15, -0.1) is 0 Å². The zero-order chi connectivity index (χ0) is 13.9. The maximum atomic E-state index is 12.2. The van der Waals surface area contributed by atoms with Crippen LogP contribution >= 0.6 is 11.6 Å². The van der Waals surface area contributed by atoms with Crippen LogP contribution in [-0.4, -0.2) is 18.6 Å². The molecule has 2 rings (SSSR count). The summed E-state index contributed by atoms with van der Waals surface area (Å²) in [7, 11) is 1.44. The van der Waals surface area contributed by atoms with Crippen LogP contribution in [0, 0.1) is 5.92 Å². The van der Waals surface area contributed by atoms with E-state index >= 15 is 0 Å². The van der Waals surface area contributed by atoms with Crippen molar-refractivity contribution in [1.29, 1.82) is 0 Å². The van der Waals surface area contributed by atoms with E-state index in [1.165, 1.54) is 7.11 Å². The van der Waals surface area contributed by atoms with Crippen molar-refractivity contribution in [3.63, 3.8) is 0 Å². The Balaban J connectivity index is 2.28. The molecule has 0 aliphatic heterocycles. The van der Waals surface area contributed by atoms with Crippen molar-refractivity contribution in [3.05, 3.63) is 29.3 Å². The molecule has 1 aromatic carbocycles. The molecule has 0 radical (unpaired) electrons. The molecule has 1 aliphatic rings. The molecule has 0 bridgehead atoms. The second kappa shape index (κ2) is 5.83. The van der Waals surface area contributed by atoms with Crippen LogP contribution in [0.1, 0.15) is 32.6 Å². The molecule has 3 nitrogen and oxygen atoms in total. The predicted molar refractivity (Wildman–Crippen MR) is 77.5 cm³/mol. The Bertz CT molecular complexity index is 463. The number of nitrogens with one attached hydrogen (secondary N) is 1. The molecule has 0 heterocycles. The second-order valence-corrected chi connectivity index (χ2v) is 5.79. The molecule has 1 N–H and O–H groups in total. The summed E-state index contributed by atoms with van der Waals surface area (Å²) in [6.07, 6.45) is 3.75. The smallest absolute Gasteiger partial charge is 0.331 e. The summed E-state index contributed by atoms with van der Waals surface area (Å²) in [5.74, 6) is 0.307. The van der Waals surface area contributed by atoms with Gasteiger partial charge in [-0.2, -0.15) is 0 Å². The zero-order valence-corrected chi connectivity index (χ0v) is 12.2. The monoisotopic (exact) mass is 281 g/mol. The largest absolute Gasteiger partial charge is 0.467 e. The number of para-hydroxylation sites is 1. The van der Waals surface area contributed by atoms with Crippen LogP contribution < -0.4 is 5.32 Å². The number of hydrogen-bond acceptors (Lipinski definition) is 3. The van der Waals surface area contributed by atoms with Gasteiger partial charge in [0.15, 0.2) is 0 Å². The van der Waals surface area contributed by atoms with Crippen LogP contribution in [0.25, 0.3) is 0 Å². The van der Waals surface area contributed by atoms with Crippen molar-refractivity contribution in [1.82, 2.24) is 0 Å². The van der Waals surface area contributed by atoms with Crippen LogP contribution in [0.15, 0.2) is 24.3 Å². The van der Waals surface area contributed by atoms with Gasteiger partial charge in [-0.25, -0.2) is 4.79 Å². The molecular weight excluding hydrogens is 262 g/mol. The van der Waals surface area contributed by atoms with Crippen LogP contribution in [0.5, 0.6) is 0 Å². The Kier molecular flexibility index (Phi) is 4.35. The minimum Gasteiger partial charge on any atom is -0.467 e.